The Morgan fingerprint density at radius 2 is 1.70 bits per heavy atom. The van der Waals surface area contributed by atoms with Gasteiger partial charge in [0.25, 0.3) is 5.56 Å². The maximum absolute atomic E-state index is 12.7. The first-order valence-corrected chi connectivity index (χ1v) is 11.7. The number of hydrogen-bond acceptors (Lipinski definition) is 7. The van der Waals surface area contributed by atoms with Gasteiger partial charge in [-0.15, -0.1) is 0 Å². The number of nitrogens with one attached hydrogen (secondary N) is 2. The van der Waals surface area contributed by atoms with E-state index in [0.717, 1.165) is 16.8 Å². The number of benzene rings is 1. The van der Waals surface area contributed by atoms with Gasteiger partial charge in [-0.3, -0.25) is 14.9 Å². The summed E-state index contributed by atoms with van der Waals surface area (Å²) >= 11 is 0. The molecule has 1 aromatic carbocycles. The molecule has 11 nitrogen and oxygen atoms in total. The molecular weight excluding hydrogens is 452 g/mol. The number of aromatic nitrogens is 1. The lowest BCUT2D eigenvalue weighted by Crippen LogP contribution is -2.33. The molecule has 1 heterocycles. The average Bonchev–Trinajstić information content (AvgIpc) is 2.76. The first-order chi connectivity index (χ1) is 15.7. The zero-order valence-corrected chi connectivity index (χ0v) is 19.6. The number of rotatable bonds is 11. The van der Waals surface area contributed by atoms with Crippen LogP contribution in [0.1, 0.15) is 13.8 Å². The number of nitrogens with zero attached hydrogens (tertiary/aromatic N) is 2. The average molecular weight is 481 g/mol. The van der Waals surface area contributed by atoms with Crippen LogP contribution in [0.25, 0.3) is 0 Å². The van der Waals surface area contributed by atoms with E-state index in [1.165, 1.54) is 23.5 Å². The van der Waals surface area contributed by atoms with E-state index in [9.17, 15) is 22.8 Å². The molecule has 2 amide bonds. The highest BCUT2D eigenvalue weighted by atomic mass is 32.2. The summed E-state index contributed by atoms with van der Waals surface area (Å²) in [6, 6.07) is 8.68. The smallest absolute Gasteiger partial charge is 0.411 e. The third-order valence-electron chi connectivity index (χ3n) is 4.53. The molecule has 0 unspecified atom stereocenters. The molecule has 2 rings (SSSR count). The van der Waals surface area contributed by atoms with Gasteiger partial charge in [-0.05, 0) is 24.3 Å². The van der Waals surface area contributed by atoms with Crippen molar-refractivity contribution in [2.24, 2.45) is 0 Å². The first-order valence-electron chi connectivity index (χ1n) is 10.2. The van der Waals surface area contributed by atoms with Crippen molar-refractivity contribution in [1.29, 1.82) is 0 Å². The van der Waals surface area contributed by atoms with E-state index >= 15 is 0 Å². The third-order valence-corrected chi connectivity index (χ3v) is 6.56. The van der Waals surface area contributed by atoms with Gasteiger partial charge in [-0.25, -0.2) is 13.2 Å². The van der Waals surface area contributed by atoms with Gasteiger partial charge in [0.1, 0.15) is 13.2 Å². The number of anilines is 2. The fourth-order valence-corrected chi connectivity index (χ4v) is 4.38. The summed E-state index contributed by atoms with van der Waals surface area (Å²) in [5.74, 6) is -0.547. The number of pyridine rings is 1. The largest absolute Gasteiger partial charge is 0.447 e. The topological polar surface area (TPSA) is 136 Å². The number of amides is 2. The number of ether oxygens (including phenoxy) is 2. The van der Waals surface area contributed by atoms with Crippen molar-refractivity contribution in [3.63, 3.8) is 0 Å². The molecule has 0 saturated carbocycles. The van der Waals surface area contributed by atoms with Gasteiger partial charge < -0.3 is 19.4 Å². The summed E-state index contributed by atoms with van der Waals surface area (Å²) in [6.45, 7) is 3.96. The van der Waals surface area contributed by atoms with Gasteiger partial charge in [0.15, 0.2) is 0 Å². The van der Waals surface area contributed by atoms with Gasteiger partial charge in [-0.1, -0.05) is 19.9 Å². The van der Waals surface area contributed by atoms with Crippen LogP contribution in [0, 0.1) is 0 Å². The lowest BCUT2D eigenvalue weighted by atomic mass is 10.2. The Balaban J connectivity index is 2.09. The Morgan fingerprint density at radius 1 is 1.03 bits per heavy atom. The fraction of sp³-hybridized carbons (Fsp3) is 0.381. The minimum absolute atomic E-state index is 0.0724. The van der Waals surface area contributed by atoms with E-state index in [-0.39, 0.29) is 31.2 Å². The summed E-state index contributed by atoms with van der Waals surface area (Å²) in [4.78, 5) is 36.3. The molecule has 0 aliphatic carbocycles. The molecular formula is C21H28N4O7S. The van der Waals surface area contributed by atoms with Crippen molar-refractivity contribution in [3.05, 3.63) is 52.9 Å². The SMILES string of the molecule is CCN(CC)S(=O)(=O)c1ccc(=O)n(CC(=O)Nc2cccc(NC(=O)OCCOC)c2)c1. The van der Waals surface area contributed by atoms with Crippen molar-refractivity contribution >= 4 is 33.4 Å². The van der Waals surface area contributed by atoms with Crippen LogP contribution in [0.3, 0.4) is 0 Å². The molecule has 0 bridgehead atoms. The molecule has 12 heteroatoms. The van der Waals surface area contributed by atoms with E-state index in [4.69, 9.17) is 9.47 Å². The highest BCUT2D eigenvalue weighted by Crippen LogP contribution is 2.16. The van der Waals surface area contributed by atoms with Crippen molar-refractivity contribution in [3.8, 4) is 0 Å². The molecule has 33 heavy (non-hydrogen) atoms. The van der Waals surface area contributed by atoms with Crippen LogP contribution in [-0.2, 0) is 30.8 Å². The molecule has 0 saturated heterocycles. The molecule has 0 spiro atoms. The van der Waals surface area contributed by atoms with Crippen LogP contribution in [-0.4, -0.2) is 62.7 Å². The number of carbonyl (C=O) groups excluding carboxylic acids is 2. The van der Waals surface area contributed by atoms with Gasteiger partial charge in [-0.2, -0.15) is 4.31 Å². The number of hydrogen-bond donors (Lipinski definition) is 2. The normalized spacial score (nSPS) is 11.3. The van der Waals surface area contributed by atoms with E-state index in [0.29, 0.717) is 11.4 Å². The standard InChI is InChI=1S/C21H28N4O7S/c1-4-25(5-2)33(29,30)18-9-10-20(27)24(14-18)15-19(26)22-16-7-6-8-17(13-16)23-21(28)32-12-11-31-3/h6-10,13-14H,4-5,11-12,15H2,1-3H3,(H,22,26)(H,23,28). The second kappa shape index (κ2) is 12.1. The lowest BCUT2D eigenvalue weighted by molar-refractivity contribution is -0.116. The molecule has 0 aliphatic heterocycles. The van der Waals surface area contributed by atoms with Gasteiger partial charge >= 0.3 is 6.09 Å². The zero-order valence-electron chi connectivity index (χ0n) is 18.7. The molecule has 2 aromatic rings. The number of carbonyl (C=O) groups is 2. The summed E-state index contributed by atoms with van der Waals surface area (Å²) in [5.41, 5.74) is 0.243. The monoisotopic (exact) mass is 480 g/mol. The first kappa shape index (κ1) is 26.0. The van der Waals surface area contributed by atoms with Crippen LogP contribution in [0.2, 0.25) is 0 Å². The Kier molecular flexibility index (Phi) is 9.57. The van der Waals surface area contributed by atoms with Gasteiger partial charge in [0, 0.05) is 43.8 Å². The molecule has 2 N–H and O–H groups in total. The summed E-state index contributed by atoms with van der Waals surface area (Å²) in [6.07, 6.45) is 0.483. The van der Waals surface area contributed by atoms with E-state index < -0.39 is 34.1 Å². The lowest BCUT2D eigenvalue weighted by Gasteiger charge is -2.19. The molecule has 1 aromatic heterocycles. The van der Waals surface area contributed by atoms with Crippen molar-refractivity contribution < 1.29 is 27.5 Å². The summed E-state index contributed by atoms with van der Waals surface area (Å²) in [5, 5.41) is 5.14. The van der Waals surface area contributed by atoms with Gasteiger partial charge in [0.2, 0.25) is 15.9 Å². The molecule has 0 radical (unpaired) electrons. The van der Waals surface area contributed by atoms with Crippen LogP contribution in [0.15, 0.2) is 52.3 Å². The highest BCUT2D eigenvalue weighted by Gasteiger charge is 2.22. The Hall–Kier alpha value is -3.22. The number of sulfonamides is 1. The van der Waals surface area contributed by atoms with Crippen molar-refractivity contribution in [1.82, 2.24) is 8.87 Å². The van der Waals surface area contributed by atoms with Crippen LogP contribution < -0.4 is 16.2 Å². The van der Waals surface area contributed by atoms with Crippen molar-refractivity contribution in [2.75, 3.05) is 44.0 Å². The van der Waals surface area contributed by atoms with Crippen LogP contribution in [0.5, 0.6) is 0 Å². The quantitative estimate of drug-likeness (QED) is 0.467. The van der Waals surface area contributed by atoms with Crippen molar-refractivity contribution in [2.45, 2.75) is 25.3 Å². The van der Waals surface area contributed by atoms with E-state index in [2.05, 4.69) is 10.6 Å². The molecule has 0 aliphatic rings. The third kappa shape index (κ3) is 7.41. The Bertz CT molecular complexity index is 1130. The minimum Gasteiger partial charge on any atom is -0.447 e. The maximum atomic E-state index is 12.7. The maximum Gasteiger partial charge on any atom is 0.411 e. The van der Waals surface area contributed by atoms with E-state index in [1.54, 1.807) is 32.0 Å². The Labute approximate surface area is 192 Å². The predicted octanol–water partition coefficient (Wildman–Crippen LogP) is 1.71. The molecule has 0 atom stereocenters. The second-order valence-electron chi connectivity index (χ2n) is 6.80. The van der Waals surface area contributed by atoms with E-state index in [1.807, 2.05) is 0 Å². The zero-order chi connectivity index (χ0) is 24.4. The highest BCUT2D eigenvalue weighted by molar-refractivity contribution is 7.89. The van der Waals surface area contributed by atoms with Crippen LogP contribution >= 0.6 is 0 Å². The predicted molar refractivity (Wildman–Crippen MR) is 123 cm³/mol. The van der Waals surface area contributed by atoms with Gasteiger partial charge in [0.05, 0.1) is 11.5 Å². The summed E-state index contributed by atoms with van der Waals surface area (Å²) < 4.78 is 37.4. The molecule has 0 fully saturated rings. The second-order valence-corrected chi connectivity index (χ2v) is 8.74. The summed E-state index contributed by atoms with van der Waals surface area (Å²) in [7, 11) is -2.29. The minimum atomic E-state index is -3.78. The number of methoxy groups -OCH3 is 1. The fourth-order valence-electron chi connectivity index (χ4n) is 2.90. The molecule has 180 valence electrons. The Morgan fingerprint density at radius 3 is 2.33 bits per heavy atom. The van der Waals surface area contributed by atoms with Crippen LogP contribution in [0.4, 0.5) is 16.2 Å².